The van der Waals surface area contributed by atoms with Crippen LogP contribution in [0.4, 0.5) is 13.2 Å². The zero-order chi connectivity index (χ0) is 16.8. The standard InChI is InChI=1S/C16H13F3N2O2/c17-11-3-1-10(2-4-11)15(22)20-7-8-21-16(23)13-6-5-12(18)9-14(13)19/h1-6,9H,7-8H2,(H,20,22)(H,21,23). The molecule has 0 heterocycles. The monoisotopic (exact) mass is 322 g/mol. The number of halogens is 3. The largest absolute Gasteiger partial charge is 0.350 e. The van der Waals surface area contributed by atoms with Crippen molar-refractivity contribution in [3.8, 4) is 0 Å². The van der Waals surface area contributed by atoms with Gasteiger partial charge in [0.15, 0.2) is 0 Å². The average molecular weight is 322 g/mol. The lowest BCUT2D eigenvalue weighted by Crippen LogP contribution is -2.35. The van der Waals surface area contributed by atoms with Crippen LogP contribution in [0.1, 0.15) is 20.7 Å². The zero-order valence-corrected chi connectivity index (χ0v) is 11.9. The fraction of sp³-hybridized carbons (Fsp3) is 0.125. The third-order valence-electron chi connectivity index (χ3n) is 2.98. The quantitative estimate of drug-likeness (QED) is 0.830. The number of carbonyl (C=O) groups is 2. The number of carbonyl (C=O) groups excluding carboxylic acids is 2. The summed E-state index contributed by atoms with van der Waals surface area (Å²) in [6.45, 7) is 0.160. The van der Waals surface area contributed by atoms with Crippen LogP contribution < -0.4 is 10.6 Å². The predicted molar refractivity (Wildman–Crippen MR) is 77.4 cm³/mol. The minimum atomic E-state index is -0.960. The molecule has 2 aromatic rings. The van der Waals surface area contributed by atoms with Crippen LogP contribution in [0.25, 0.3) is 0 Å². The highest BCUT2D eigenvalue weighted by molar-refractivity contribution is 5.95. The van der Waals surface area contributed by atoms with E-state index < -0.39 is 29.3 Å². The van der Waals surface area contributed by atoms with Gasteiger partial charge in [0, 0.05) is 24.7 Å². The Hall–Kier alpha value is -2.83. The lowest BCUT2D eigenvalue weighted by atomic mass is 10.2. The Labute approximate surface area is 130 Å². The van der Waals surface area contributed by atoms with E-state index in [0.717, 1.165) is 24.3 Å². The van der Waals surface area contributed by atoms with Crippen LogP contribution in [0.15, 0.2) is 42.5 Å². The van der Waals surface area contributed by atoms with Crippen LogP contribution >= 0.6 is 0 Å². The summed E-state index contributed by atoms with van der Waals surface area (Å²) < 4.78 is 38.9. The molecule has 120 valence electrons. The van der Waals surface area contributed by atoms with Gasteiger partial charge < -0.3 is 10.6 Å². The molecule has 0 unspecified atom stereocenters. The fourth-order valence-electron chi connectivity index (χ4n) is 1.82. The van der Waals surface area contributed by atoms with Gasteiger partial charge in [0.2, 0.25) is 0 Å². The van der Waals surface area contributed by atoms with E-state index in [1.54, 1.807) is 0 Å². The van der Waals surface area contributed by atoms with Crippen molar-refractivity contribution in [3.63, 3.8) is 0 Å². The molecule has 2 rings (SSSR count). The van der Waals surface area contributed by atoms with Gasteiger partial charge in [-0.3, -0.25) is 9.59 Å². The maximum atomic E-state index is 13.4. The number of hydrogen-bond acceptors (Lipinski definition) is 2. The van der Waals surface area contributed by atoms with E-state index in [0.29, 0.717) is 6.07 Å². The van der Waals surface area contributed by atoms with E-state index in [2.05, 4.69) is 10.6 Å². The van der Waals surface area contributed by atoms with Crippen molar-refractivity contribution in [3.05, 3.63) is 71.0 Å². The van der Waals surface area contributed by atoms with Gasteiger partial charge in [-0.2, -0.15) is 0 Å². The van der Waals surface area contributed by atoms with Gasteiger partial charge in [0.05, 0.1) is 5.56 Å². The molecule has 0 radical (unpaired) electrons. The topological polar surface area (TPSA) is 58.2 Å². The van der Waals surface area contributed by atoms with Crippen molar-refractivity contribution < 1.29 is 22.8 Å². The third kappa shape index (κ3) is 4.57. The van der Waals surface area contributed by atoms with Crippen molar-refractivity contribution in [2.75, 3.05) is 13.1 Å². The summed E-state index contributed by atoms with van der Waals surface area (Å²) >= 11 is 0. The van der Waals surface area contributed by atoms with Crippen LogP contribution in [0.2, 0.25) is 0 Å². The molecule has 0 atom stereocenters. The smallest absolute Gasteiger partial charge is 0.254 e. The second kappa shape index (κ2) is 7.44. The second-order valence-electron chi connectivity index (χ2n) is 4.64. The Balaban J connectivity index is 1.79. The highest BCUT2D eigenvalue weighted by Crippen LogP contribution is 2.09. The zero-order valence-electron chi connectivity index (χ0n) is 11.9. The van der Waals surface area contributed by atoms with E-state index in [-0.39, 0.29) is 24.2 Å². The van der Waals surface area contributed by atoms with Gasteiger partial charge in [-0.15, -0.1) is 0 Å². The van der Waals surface area contributed by atoms with Crippen molar-refractivity contribution >= 4 is 11.8 Å². The maximum absolute atomic E-state index is 13.4. The van der Waals surface area contributed by atoms with Crippen LogP contribution in [0, 0.1) is 17.5 Å². The lowest BCUT2D eigenvalue weighted by molar-refractivity contribution is 0.0925. The molecule has 0 aromatic heterocycles. The molecule has 0 saturated carbocycles. The van der Waals surface area contributed by atoms with Crippen molar-refractivity contribution in [2.45, 2.75) is 0 Å². The molecular formula is C16H13F3N2O2. The van der Waals surface area contributed by atoms with Gasteiger partial charge in [0.25, 0.3) is 11.8 Å². The summed E-state index contributed by atoms with van der Waals surface area (Å²) in [6, 6.07) is 7.62. The van der Waals surface area contributed by atoms with Crippen LogP contribution in [0.3, 0.4) is 0 Å². The molecule has 4 nitrogen and oxygen atoms in total. The Morgan fingerprint density at radius 2 is 1.35 bits per heavy atom. The van der Waals surface area contributed by atoms with Crippen LogP contribution in [0.5, 0.6) is 0 Å². The summed E-state index contributed by atoms with van der Waals surface area (Å²) in [7, 11) is 0. The first-order chi connectivity index (χ1) is 11.0. The molecule has 0 aliphatic carbocycles. The first-order valence-corrected chi connectivity index (χ1v) is 6.74. The second-order valence-corrected chi connectivity index (χ2v) is 4.64. The molecule has 0 fully saturated rings. The Kier molecular flexibility index (Phi) is 5.35. The van der Waals surface area contributed by atoms with Gasteiger partial charge in [-0.1, -0.05) is 0 Å². The minimum absolute atomic E-state index is 0.0581. The molecule has 23 heavy (non-hydrogen) atoms. The normalized spacial score (nSPS) is 10.2. The molecule has 2 aromatic carbocycles. The fourth-order valence-corrected chi connectivity index (χ4v) is 1.82. The van der Waals surface area contributed by atoms with E-state index >= 15 is 0 Å². The summed E-state index contributed by atoms with van der Waals surface area (Å²) in [5, 5.41) is 4.92. The van der Waals surface area contributed by atoms with Crippen molar-refractivity contribution in [1.29, 1.82) is 0 Å². The van der Waals surface area contributed by atoms with E-state index in [9.17, 15) is 22.8 Å². The molecule has 7 heteroatoms. The molecule has 2 N–H and O–H groups in total. The van der Waals surface area contributed by atoms with E-state index in [1.807, 2.05) is 0 Å². The molecule has 2 amide bonds. The van der Waals surface area contributed by atoms with Crippen LogP contribution in [-0.2, 0) is 0 Å². The number of hydrogen-bond donors (Lipinski definition) is 2. The van der Waals surface area contributed by atoms with Gasteiger partial charge in [-0.05, 0) is 36.4 Å². The van der Waals surface area contributed by atoms with Crippen LogP contribution in [-0.4, -0.2) is 24.9 Å². The lowest BCUT2D eigenvalue weighted by Gasteiger charge is -2.08. The predicted octanol–water partition coefficient (Wildman–Crippen LogP) is 2.26. The number of nitrogens with one attached hydrogen (secondary N) is 2. The van der Waals surface area contributed by atoms with E-state index in [1.165, 1.54) is 12.1 Å². The SMILES string of the molecule is O=C(NCCNC(=O)c1ccc(F)cc1F)c1ccc(F)cc1. The summed E-state index contributed by atoms with van der Waals surface area (Å²) in [5.74, 6) is -3.32. The first kappa shape index (κ1) is 16.5. The van der Waals surface area contributed by atoms with Gasteiger partial charge in [0.1, 0.15) is 17.5 Å². The molecule has 0 aliphatic heterocycles. The summed E-state index contributed by atoms with van der Waals surface area (Å²) in [5.41, 5.74) is -0.00133. The molecule has 0 bridgehead atoms. The Bertz CT molecular complexity index is 718. The number of benzene rings is 2. The highest BCUT2D eigenvalue weighted by atomic mass is 19.1. The minimum Gasteiger partial charge on any atom is -0.350 e. The van der Waals surface area contributed by atoms with Gasteiger partial charge >= 0.3 is 0 Å². The molecule has 0 aliphatic rings. The third-order valence-corrected chi connectivity index (χ3v) is 2.98. The average Bonchev–Trinajstić information content (AvgIpc) is 2.51. The maximum Gasteiger partial charge on any atom is 0.254 e. The number of amides is 2. The Morgan fingerprint density at radius 1 is 0.783 bits per heavy atom. The Morgan fingerprint density at radius 3 is 1.96 bits per heavy atom. The number of rotatable bonds is 5. The molecule has 0 saturated heterocycles. The molecular weight excluding hydrogens is 309 g/mol. The summed E-state index contributed by atoms with van der Waals surface area (Å²) in [6.07, 6.45) is 0. The first-order valence-electron chi connectivity index (χ1n) is 6.74. The molecule has 0 spiro atoms. The highest BCUT2D eigenvalue weighted by Gasteiger charge is 2.12. The van der Waals surface area contributed by atoms with Gasteiger partial charge in [-0.25, -0.2) is 13.2 Å². The summed E-state index contributed by atoms with van der Waals surface area (Å²) in [4.78, 5) is 23.4. The van der Waals surface area contributed by atoms with Crippen molar-refractivity contribution in [2.24, 2.45) is 0 Å². The van der Waals surface area contributed by atoms with Crippen molar-refractivity contribution in [1.82, 2.24) is 10.6 Å². The van der Waals surface area contributed by atoms with E-state index in [4.69, 9.17) is 0 Å².